The number of carbonyl (C=O) groups is 3. The number of amides is 3. The summed E-state index contributed by atoms with van der Waals surface area (Å²) in [7, 11) is 0. The van der Waals surface area contributed by atoms with Gasteiger partial charge in [-0.2, -0.15) is 0 Å². The van der Waals surface area contributed by atoms with Crippen molar-refractivity contribution in [3.8, 4) is 5.75 Å². The first-order valence-electron chi connectivity index (χ1n) is 12.3. The molecule has 5 rings (SSSR count). The summed E-state index contributed by atoms with van der Waals surface area (Å²) in [5, 5.41) is 4.97. The van der Waals surface area contributed by atoms with E-state index in [0.717, 1.165) is 44.9 Å². The van der Waals surface area contributed by atoms with Crippen molar-refractivity contribution in [3.05, 3.63) is 111 Å². The second-order valence-electron chi connectivity index (χ2n) is 9.29. The fraction of sp³-hybridized carbons (Fsp3) is 0.129. The Kier molecular flexibility index (Phi) is 7.72. The van der Waals surface area contributed by atoms with Gasteiger partial charge in [-0.3, -0.25) is 19.3 Å². The van der Waals surface area contributed by atoms with Crippen LogP contribution in [0.2, 0.25) is 5.02 Å². The van der Waals surface area contributed by atoms with Crippen LogP contribution in [0.3, 0.4) is 0 Å². The molecule has 1 aliphatic rings. The minimum atomic E-state index is -0.349. The number of rotatable bonds is 7. The van der Waals surface area contributed by atoms with E-state index in [1.54, 1.807) is 24.3 Å². The highest BCUT2D eigenvalue weighted by Gasteiger charge is 2.35. The molecule has 0 radical (unpaired) electrons. The Labute approximate surface area is 235 Å². The van der Waals surface area contributed by atoms with E-state index in [2.05, 4.69) is 5.32 Å². The molecule has 4 aromatic carbocycles. The SMILES string of the molecule is Cc1ccc(C)c(NC(=O)COc2ccc(/C=C3\SC(=O)N(Cc4ccc5ccccc5c4)C3=O)cc2Cl)c1. The number of nitrogens with zero attached hydrogens (tertiary/aromatic N) is 1. The van der Waals surface area contributed by atoms with Crippen molar-refractivity contribution >= 4 is 63.0 Å². The maximum atomic E-state index is 13.0. The monoisotopic (exact) mass is 556 g/mol. The predicted molar refractivity (Wildman–Crippen MR) is 157 cm³/mol. The molecular formula is C31H25ClN2O4S. The van der Waals surface area contributed by atoms with Gasteiger partial charge in [0.25, 0.3) is 17.1 Å². The van der Waals surface area contributed by atoms with Crippen molar-refractivity contribution < 1.29 is 19.1 Å². The summed E-state index contributed by atoms with van der Waals surface area (Å²) in [6, 6.07) is 24.7. The topological polar surface area (TPSA) is 75.7 Å². The highest BCUT2D eigenvalue weighted by atomic mass is 35.5. The molecule has 4 aromatic rings. The van der Waals surface area contributed by atoms with Crippen LogP contribution < -0.4 is 10.1 Å². The Bertz CT molecular complexity index is 1650. The minimum absolute atomic E-state index is 0.199. The summed E-state index contributed by atoms with van der Waals surface area (Å²) < 4.78 is 5.62. The van der Waals surface area contributed by atoms with E-state index in [-0.39, 0.29) is 30.2 Å². The van der Waals surface area contributed by atoms with Crippen LogP contribution in [-0.2, 0) is 16.1 Å². The lowest BCUT2D eigenvalue weighted by Gasteiger charge is -2.13. The van der Waals surface area contributed by atoms with Crippen molar-refractivity contribution in [1.82, 2.24) is 4.90 Å². The van der Waals surface area contributed by atoms with E-state index >= 15 is 0 Å². The number of nitrogens with one attached hydrogen (secondary N) is 1. The molecule has 0 aromatic heterocycles. The fourth-order valence-electron chi connectivity index (χ4n) is 4.23. The number of fused-ring (bicyclic) bond motifs is 1. The van der Waals surface area contributed by atoms with Crippen molar-refractivity contribution in [2.75, 3.05) is 11.9 Å². The molecular weight excluding hydrogens is 532 g/mol. The van der Waals surface area contributed by atoms with E-state index < -0.39 is 0 Å². The standard InChI is InChI=1S/C31H25ClN2O4S/c1-19-7-8-20(2)26(13-19)33-29(35)18-38-27-12-10-21(15-25(27)32)16-28-30(36)34(31(37)39-28)17-22-9-11-23-5-3-4-6-24(23)14-22/h3-16H,17-18H2,1-2H3,(H,33,35)/b28-16-. The summed E-state index contributed by atoms with van der Waals surface area (Å²) in [6.45, 7) is 3.87. The van der Waals surface area contributed by atoms with Crippen LogP contribution in [0.25, 0.3) is 16.8 Å². The zero-order valence-electron chi connectivity index (χ0n) is 21.4. The van der Waals surface area contributed by atoms with Gasteiger partial charge in [0.15, 0.2) is 6.61 Å². The molecule has 1 fully saturated rings. The Morgan fingerprint density at radius 2 is 1.77 bits per heavy atom. The first-order valence-corrected chi connectivity index (χ1v) is 13.5. The molecule has 0 saturated carbocycles. The van der Waals surface area contributed by atoms with Gasteiger partial charge in [-0.15, -0.1) is 0 Å². The van der Waals surface area contributed by atoms with Crippen LogP contribution in [0.4, 0.5) is 10.5 Å². The van der Waals surface area contributed by atoms with Gasteiger partial charge in [0.1, 0.15) is 5.75 Å². The highest BCUT2D eigenvalue weighted by Crippen LogP contribution is 2.35. The third kappa shape index (κ3) is 6.16. The van der Waals surface area contributed by atoms with E-state index in [9.17, 15) is 14.4 Å². The molecule has 196 valence electrons. The first-order chi connectivity index (χ1) is 18.8. The number of carbonyl (C=O) groups excluding carboxylic acids is 3. The van der Waals surface area contributed by atoms with Gasteiger partial charge in [-0.1, -0.05) is 66.2 Å². The zero-order valence-corrected chi connectivity index (χ0v) is 22.9. The van der Waals surface area contributed by atoms with E-state index in [0.29, 0.717) is 21.2 Å². The number of benzene rings is 4. The number of ether oxygens (including phenoxy) is 1. The molecule has 8 heteroatoms. The summed E-state index contributed by atoms with van der Waals surface area (Å²) in [6.07, 6.45) is 1.63. The molecule has 0 aliphatic carbocycles. The van der Waals surface area contributed by atoms with Crippen molar-refractivity contribution in [2.45, 2.75) is 20.4 Å². The fourth-order valence-corrected chi connectivity index (χ4v) is 5.31. The molecule has 0 bridgehead atoms. The zero-order chi connectivity index (χ0) is 27.5. The number of hydrogen-bond acceptors (Lipinski definition) is 5. The third-order valence-electron chi connectivity index (χ3n) is 6.31. The lowest BCUT2D eigenvalue weighted by molar-refractivity contribution is -0.123. The van der Waals surface area contributed by atoms with Gasteiger partial charge >= 0.3 is 0 Å². The van der Waals surface area contributed by atoms with Crippen molar-refractivity contribution in [2.24, 2.45) is 0 Å². The number of aryl methyl sites for hydroxylation is 2. The molecule has 39 heavy (non-hydrogen) atoms. The molecule has 3 amide bonds. The molecule has 1 aliphatic heterocycles. The first kappa shape index (κ1) is 26.5. The second-order valence-corrected chi connectivity index (χ2v) is 10.7. The average molecular weight is 557 g/mol. The van der Waals surface area contributed by atoms with Crippen molar-refractivity contribution in [3.63, 3.8) is 0 Å². The number of imide groups is 1. The van der Waals surface area contributed by atoms with Gasteiger partial charge < -0.3 is 10.1 Å². The van der Waals surface area contributed by atoms with E-state index in [4.69, 9.17) is 16.3 Å². The summed E-state index contributed by atoms with van der Waals surface area (Å²) in [4.78, 5) is 39.6. The van der Waals surface area contributed by atoms with Gasteiger partial charge in [-0.05, 0) is 89.0 Å². The Balaban J connectivity index is 1.23. The maximum Gasteiger partial charge on any atom is 0.293 e. The minimum Gasteiger partial charge on any atom is -0.482 e. The number of halogens is 1. The Hall–Kier alpha value is -4.07. The van der Waals surface area contributed by atoms with Crippen LogP contribution in [0.1, 0.15) is 22.3 Å². The maximum absolute atomic E-state index is 13.0. The van der Waals surface area contributed by atoms with E-state index in [1.807, 2.05) is 74.5 Å². The predicted octanol–water partition coefficient (Wildman–Crippen LogP) is 7.36. The highest BCUT2D eigenvalue weighted by molar-refractivity contribution is 8.18. The Morgan fingerprint density at radius 3 is 2.56 bits per heavy atom. The molecule has 1 N–H and O–H groups in total. The molecule has 0 atom stereocenters. The lowest BCUT2D eigenvalue weighted by Crippen LogP contribution is -2.27. The average Bonchev–Trinajstić information content (AvgIpc) is 3.17. The lowest BCUT2D eigenvalue weighted by atomic mass is 10.1. The van der Waals surface area contributed by atoms with Gasteiger partial charge in [0.2, 0.25) is 0 Å². The number of hydrogen-bond donors (Lipinski definition) is 1. The normalized spacial score (nSPS) is 14.3. The van der Waals surface area contributed by atoms with Crippen molar-refractivity contribution in [1.29, 1.82) is 0 Å². The smallest absolute Gasteiger partial charge is 0.293 e. The summed E-state index contributed by atoms with van der Waals surface area (Å²) in [5.41, 5.74) is 4.26. The van der Waals surface area contributed by atoms with Crippen LogP contribution in [-0.4, -0.2) is 28.6 Å². The second kappa shape index (κ2) is 11.4. The van der Waals surface area contributed by atoms with Gasteiger partial charge in [0.05, 0.1) is 16.5 Å². The molecule has 0 spiro atoms. The molecule has 1 saturated heterocycles. The summed E-state index contributed by atoms with van der Waals surface area (Å²) in [5.74, 6) is -0.309. The largest absolute Gasteiger partial charge is 0.482 e. The summed E-state index contributed by atoms with van der Waals surface area (Å²) >= 11 is 7.30. The molecule has 6 nitrogen and oxygen atoms in total. The Morgan fingerprint density at radius 1 is 0.974 bits per heavy atom. The van der Waals surface area contributed by atoms with Gasteiger partial charge in [-0.25, -0.2) is 0 Å². The van der Waals surface area contributed by atoms with Crippen LogP contribution in [0.5, 0.6) is 5.75 Å². The number of thioether (sulfide) groups is 1. The third-order valence-corrected chi connectivity index (χ3v) is 7.51. The van der Waals surface area contributed by atoms with Crippen LogP contribution >= 0.6 is 23.4 Å². The van der Waals surface area contributed by atoms with Gasteiger partial charge in [0, 0.05) is 5.69 Å². The quantitative estimate of drug-likeness (QED) is 0.241. The molecule has 1 heterocycles. The number of anilines is 1. The molecule has 0 unspecified atom stereocenters. The van der Waals surface area contributed by atoms with Crippen LogP contribution in [0.15, 0.2) is 83.8 Å². The van der Waals surface area contributed by atoms with E-state index in [1.165, 1.54) is 4.90 Å². The van der Waals surface area contributed by atoms with Crippen LogP contribution in [0, 0.1) is 13.8 Å².